The number of thioether (sulfide) groups is 1. The van der Waals surface area contributed by atoms with Crippen LogP contribution in [0.2, 0.25) is 0 Å². The molecule has 1 aromatic carbocycles. The number of hydrogen-bond donors (Lipinski definition) is 3. The van der Waals surface area contributed by atoms with Gasteiger partial charge in [-0.1, -0.05) is 36.9 Å². The lowest BCUT2D eigenvalue weighted by molar-refractivity contribution is -0.123. The molecule has 2 amide bonds. The molecule has 1 aliphatic heterocycles. The number of fused-ring (bicyclic) bond motifs is 1. The Balaban J connectivity index is 1.93. The zero-order valence-corrected chi connectivity index (χ0v) is 15.4. The highest BCUT2D eigenvalue weighted by atomic mass is 32.2. The number of anilines is 2. The van der Waals surface area contributed by atoms with E-state index in [2.05, 4.69) is 20.6 Å². The van der Waals surface area contributed by atoms with E-state index in [-0.39, 0.29) is 23.7 Å². The van der Waals surface area contributed by atoms with E-state index in [0.29, 0.717) is 10.8 Å². The van der Waals surface area contributed by atoms with Crippen molar-refractivity contribution in [1.29, 1.82) is 0 Å². The van der Waals surface area contributed by atoms with Crippen LogP contribution in [0.3, 0.4) is 0 Å². The lowest BCUT2D eigenvalue weighted by Crippen LogP contribution is -2.36. The number of benzene rings is 1. The fourth-order valence-electron chi connectivity index (χ4n) is 2.77. The van der Waals surface area contributed by atoms with E-state index in [1.165, 1.54) is 11.8 Å². The first-order valence-corrected chi connectivity index (χ1v) is 9.41. The Morgan fingerprint density at radius 2 is 2.12 bits per heavy atom. The second kappa shape index (κ2) is 7.74. The van der Waals surface area contributed by atoms with Crippen molar-refractivity contribution in [3.8, 4) is 0 Å². The van der Waals surface area contributed by atoms with Crippen molar-refractivity contribution in [3.05, 3.63) is 45.7 Å². The Morgan fingerprint density at radius 3 is 2.85 bits per heavy atom. The molecule has 1 unspecified atom stereocenters. The summed E-state index contributed by atoms with van der Waals surface area (Å²) in [6, 6.07) is 7.35. The molecular formula is C18H20N4O3S. The molecule has 136 valence electrons. The minimum atomic E-state index is -0.875. The Morgan fingerprint density at radius 1 is 1.35 bits per heavy atom. The zero-order chi connectivity index (χ0) is 18.7. The number of para-hydroxylation sites is 1. The molecule has 0 aliphatic carbocycles. The van der Waals surface area contributed by atoms with Crippen LogP contribution >= 0.6 is 11.8 Å². The zero-order valence-electron chi connectivity index (χ0n) is 14.6. The first kappa shape index (κ1) is 18.2. The van der Waals surface area contributed by atoms with Crippen molar-refractivity contribution in [2.24, 2.45) is 0 Å². The Kier molecular flexibility index (Phi) is 5.41. The molecule has 1 aliphatic rings. The summed E-state index contributed by atoms with van der Waals surface area (Å²) in [5.41, 5.74) is 1.37. The van der Waals surface area contributed by atoms with Crippen molar-refractivity contribution >= 4 is 35.1 Å². The molecule has 0 saturated carbocycles. The van der Waals surface area contributed by atoms with Crippen LogP contribution in [-0.2, 0) is 9.59 Å². The third-order valence-electron chi connectivity index (χ3n) is 4.09. The average Bonchev–Trinajstić information content (AvgIpc) is 2.60. The van der Waals surface area contributed by atoms with Gasteiger partial charge in [0.05, 0.1) is 11.5 Å². The summed E-state index contributed by atoms with van der Waals surface area (Å²) in [7, 11) is 0. The molecule has 1 aromatic heterocycles. The number of aromatic amines is 1. The summed E-state index contributed by atoms with van der Waals surface area (Å²) in [5.74, 6) is -0.621. The van der Waals surface area contributed by atoms with E-state index in [0.717, 1.165) is 17.7 Å². The third kappa shape index (κ3) is 3.80. The smallest absolute Gasteiger partial charge is 0.257 e. The number of aromatic nitrogens is 2. The fraction of sp³-hybridized carbons (Fsp3) is 0.333. The summed E-state index contributed by atoms with van der Waals surface area (Å²) in [6.07, 6.45) is 0.843. The van der Waals surface area contributed by atoms with Gasteiger partial charge in [-0.2, -0.15) is 0 Å². The molecule has 1 atom stereocenters. The first-order valence-electron chi connectivity index (χ1n) is 8.43. The van der Waals surface area contributed by atoms with Crippen molar-refractivity contribution < 1.29 is 9.59 Å². The lowest BCUT2D eigenvalue weighted by Gasteiger charge is -2.23. The largest absolute Gasteiger partial charge is 0.325 e. The van der Waals surface area contributed by atoms with Gasteiger partial charge in [-0.3, -0.25) is 14.4 Å². The number of carbonyl (C=O) groups excluding carboxylic acids is 2. The summed E-state index contributed by atoms with van der Waals surface area (Å²) in [6.45, 7) is 3.90. The monoisotopic (exact) mass is 372 g/mol. The van der Waals surface area contributed by atoms with Crippen molar-refractivity contribution in [2.75, 3.05) is 16.4 Å². The van der Waals surface area contributed by atoms with Gasteiger partial charge < -0.3 is 15.6 Å². The molecule has 0 saturated heterocycles. The molecule has 0 spiro atoms. The number of H-pyrrole nitrogens is 1. The summed E-state index contributed by atoms with van der Waals surface area (Å²) in [5, 5.41) is 5.87. The molecule has 3 N–H and O–H groups in total. The van der Waals surface area contributed by atoms with E-state index in [4.69, 9.17) is 0 Å². The maximum Gasteiger partial charge on any atom is 0.257 e. The molecular weight excluding hydrogens is 352 g/mol. The fourth-order valence-corrected chi connectivity index (χ4v) is 3.49. The van der Waals surface area contributed by atoms with Crippen molar-refractivity contribution in [3.63, 3.8) is 0 Å². The first-order chi connectivity index (χ1) is 12.5. The van der Waals surface area contributed by atoms with Crippen LogP contribution < -0.4 is 16.2 Å². The van der Waals surface area contributed by atoms with Gasteiger partial charge in [0, 0.05) is 17.9 Å². The van der Waals surface area contributed by atoms with E-state index >= 15 is 0 Å². The maximum atomic E-state index is 12.8. The molecule has 26 heavy (non-hydrogen) atoms. The molecule has 2 aromatic rings. The minimum absolute atomic E-state index is 0.0864. The molecule has 7 nitrogen and oxygen atoms in total. The Bertz CT molecular complexity index is 910. The Hall–Kier alpha value is -2.61. The van der Waals surface area contributed by atoms with Gasteiger partial charge >= 0.3 is 0 Å². The van der Waals surface area contributed by atoms with Gasteiger partial charge in [0.2, 0.25) is 11.8 Å². The molecule has 0 radical (unpaired) electrons. The summed E-state index contributed by atoms with van der Waals surface area (Å²) >= 11 is 1.40. The van der Waals surface area contributed by atoms with Crippen molar-refractivity contribution in [1.82, 2.24) is 9.97 Å². The SMILES string of the molecule is CCCSc1nc2c(c(=O)[nH]1)C(C(=O)Nc1ccccc1C)CC(=O)N2. The van der Waals surface area contributed by atoms with E-state index in [1.54, 1.807) is 6.07 Å². The van der Waals surface area contributed by atoms with Gasteiger partial charge in [-0.05, 0) is 25.0 Å². The Labute approximate surface area is 155 Å². The maximum absolute atomic E-state index is 12.8. The lowest BCUT2D eigenvalue weighted by atomic mass is 9.92. The number of carbonyl (C=O) groups is 2. The molecule has 8 heteroatoms. The third-order valence-corrected chi connectivity index (χ3v) is 5.17. The molecule has 0 bridgehead atoms. The number of nitrogens with zero attached hydrogens (tertiary/aromatic N) is 1. The second-order valence-corrected chi connectivity index (χ2v) is 7.17. The normalized spacial score (nSPS) is 15.9. The van der Waals surface area contributed by atoms with Crippen LogP contribution in [0.1, 0.15) is 36.8 Å². The molecule has 2 heterocycles. The number of aryl methyl sites for hydroxylation is 1. The standard InChI is InChI=1S/C18H20N4O3S/c1-3-8-26-18-21-15-14(17(25)22-18)11(9-13(23)20-15)16(24)19-12-7-5-4-6-10(12)2/h4-7,11H,3,8-9H2,1-2H3,(H,19,24)(H2,20,21,22,23,25). The number of hydrogen-bond acceptors (Lipinski definition) is 5. The van der Waals surface area contributed by atoms with Crippen LogP contribution in [0.4, 0.5) is 11.5 Å². The van der Waals surface area contributed by atoms with Gasteiger partial charge in [0.15, 0.2) is 5.16 Å². The van der Waals surface area contributed by atoms with E-state index < -0.39 is 17.4 Å². The number of amides is 2. The van der Waals surface area contributed by atoms with Crippen molar-refractivity contribution in [2.45, 2.75) is 37.8 Å². The van der Waals surface area contributed by atoms with Gasteiger partial charge in [-0.25, -0.2) is 4.98 Å². The van der Waals surface area contributed by atoms with Crippen LogP contribution in [0.25, 0.3) is 0 Å². The second-order valence-electron chi connectivity index (χ2n) is 6.09. The molecule has 3 rings (SSSR count). The average molecular weight is 372 g/mol. The van der Waals surface area contributed by atoms with E-state index in [9.17, 15) is 14.4 Å². The highest BCUT2D eigenvalue weighted by Crippen LogP contribution is 2.30. The van der Waals surface area contributed by atoms with Crippen LogP contribution in [0, 0.1) is 6.92 Å². The van der Waals surface area contributed by atoms with Gasteiger partial charge in [0.1, 0.15) is 5.82 Å². The predicted octanol–water partition coefficient (Wildman–Crippen LogP) is 2.64. The predicted molar refractivity (Wildman–Crippen MR) is 102 cm³/mol. The topological polar surface area (TPSA) is 104 Å². The van der Waals surface area contributed by atoms with Gasteiger partial charge in [0.25, 0.3) is 5.56 Å². The summed E-state index contributed by atoms with van der Waals surface area (Å²) < 4.78 is 0. The highest BCUT2D eigenvalue weighted by Gasteiger charge is 2.34. The van der Waals surface area contributed by atoms with Crippen LogP contribution in [-0.4, -0.2) is 27.5 Å². The van der Waals surface area contributed by atoms with Crippen LogP contribution in [0.15, 0.2) is 34.2 Å². The number of rotatable bonds is 5. The minimum Gasteiger partial charge on any atom is -0.325 e. The number of nitrogens with one attached hydrogen (secondary N) is 3. The van der Waals surface area contributed by atoms with Crippen LogP contribution in [0.5, 0.6) is 0 Å². The van der Waals surface area contributed by atoms with Gasteiger partial charge in [-0.15, -0.1) is 0 Å². The van der Waals surface area contributed by atoms with E-state index in [1.807, 2.05) is 32.0 Å². The molecule has 0 fully saturated rings. The summed E-state index contributed by atoms with van der Waals surface area (Å²) in [4.78, 5) is 44.4. The highest BCUT2D eigenvalue weighted by molar-refractivity contribution is 7.99. The quantitative estimate of drug-likeness (QED) is 0.553.